The number of hydrogen-bond acceptors (Lipinski definition) is 2. The summed E-state index contributed by atoms with van der Waals surface area (Å²) in [7, 11) is -1.30. The first kappa shape index (κ1) is 11.3. The standard InChI is InChI=1S/C13H14O2S/c1-9-3-6-11(7-4-9)16(15)13-10(2)5-8-12(13)14/h3-4,6-7H,5,8H2,1-2H3. The van der Waals surface area contributed by atoms with Crippen LogP contribution in [0.2, 0.25) is 0 Å². The van der Waals surface area contributed by atoms with Gasteiger partial charge in [0.1, 0.15) is 0 Å². The van der Waals surface area contributed by atoms with Gasteiger partial charge in [-0.15, -0.1) is 0 Å². The van der Waals surface area contributed by atoms with Crippen molar-refractivity contribution in [2.24, 2.45) is 0 Å². The van der Waals surface area contributed by atoms with E-state index in [1.54, 1.807) is 0 Å². The highest BCUT2D eigenvalue weighted by molar-refractivity contribution is 7.90. The Labute approximate surface area is 97.8 Å². The highest BCUT2D eigenvalue weighted by Crippen LogP contribution is 2.28. The minimum atomic E-state index is -1.30. The quantitative estimate of drug-likeness (QED) is 0.788. The summed E-state index contributed by atoms with van der Waals surface area (Å²) in [5.41, 5.74) is 2.10. The first-order valence-electron chi connectivity index (χ1n) is 5.31. The fourth-order valence-electron chi connectivity index (χ4n) is 1.81. The smallest absolute Gasteiger partial charge is 0.172 e. The Morgan fingerprint density at radius 1 is 1.06 bits per heavy atom. The molecule has 1 unspecified atom stereocenters. The van der Waals surface area contributed by atoms with Gasteiger partial charge >= 0.3 is 0 Å². The largest absolute Gasteiger partial charge is 0.293 e. The monoisotopic (exact) mass is 234 g/mol. The van der Waals surface area contributed by atoms with Crippen LogP contribution in [0.15, 0.2) is 39.6 Å². The zero-order valence-electron chi connectivity index (χ0n) is 9.45. The predicted molar refractivity (Wildman–Crippen MR) is 64.5 cm³/mol. The number of ketones is 1. The number of rotatable bonds is 2. The topological polar surface area (TPSA) is 34.1 Å². The van der Waals surface area contributed by atoms with Gasteiger partial charge in [0.15, 0.2) is 5.78 Å². The van der Waals surface area contributed by atoms with E-state index in [0.717, 1.165) is 22.5 Å². The van der Waals surface area contributed by atoms with Crippen molar-refractivity contribution < 1.29 is 9.00 Å². The summed E-state index contributed by atoms with van der Waals surface area (Å²) in [5, 5.41) is 0. The summed E-state index contributed by atoms with van der Waals surface area (Å²) in [6.45, 7) is 3.88. The molecule has 0 aliphatic heterocycles. The summed E-state index contributed by atoms with van der Waals surface area (Å²) >= 11 is 0. The van der Waals surface area contributed by atoms with E-state index in [-0.39, 0.29) is 5.78 Å². The lowest BCUT2D eigenvalue weighted by Gasteiger charge is -2.03. The maximum Gasteiger partial charge on any atom is 0.172 e. The number of Topliss-reactive ketones (excluding diaryl/α,β-unsaturated/α-hetero) is 1. The van der Waals surface area contributed by atoms with Gasteiger partial charge in [0.25, 0.3) is 0 Å². The molecular weight excluding hydrogens is 220 g/mol. The molecule has 0 aromatic heterocycles. The van der Waals surface area contributed by atoms with Crippen molar-refractivity contribution in [3.8, 4) is 0 Å². The third-order valence-electron chi connectivity index (χ3n) is 2.79. The normalized spacial score (nSPS) is 18.0. The Kier molecular flexibility index (Phi) is 3.06. The average Bonchev–Trinajstić information content (AvgIpc) is 2.59. The summed E-state index contributed by atoms with van der Waals surface area (Å²) in [5.74, 6) is 0.0383. The van der Waals surface area contributed by atoms with E-state index in [0.29, 0.717) is 11.3 Å². The molecule has 0 saturated heterocycles. The van der Waals surface area contributed by atoms with E-state index < -0.39 is 10.8 Å². The molecule has 1 aromatic carbocycles. The third kappa shape index (κ3) is 2.00. The van der Waals surface area contributed by atoms with Crippen molar-refractivity contribution in [3.63, 3.8) is 0 Å². The summed E-state index contributed by atoms with van der Waals surface area (Å²) in [6, 6.07) is 7.50. The maximum absolute atomic E-state index is 12.2. The molecule has 3 heteroatoms. The van der Waals surface area contributed by atoms with Gasteiger partial charge in [-0.3, -0.25) is 4.79 Å². The average molecular weight is 234 g/mol. The number of aryl methyl sites for hydroxylation is 1. The van der Waals surface area contributed by atoms with Crippen LogP contribution in [0, 0.1) is 6.92 Å². The zero-order valence-corrected chi connectivity index (χ0v) is 10.3. The Morgan fingerprint density at radius 2 is 1.69 bits per heavy atom. The van der Waals surface area contributed by atoms with Gasteiger partial charge in [-0.25, -0.2) is 4.21 Å². The lowest BCUT2D eigenvalue weighted by atomic mass is 10.2. The summed E-state index contributed by atoms with van der Waals surface area (Å²) in [6.07, 6.45) is 1.27. The fraction of sp³-hybridized carbons (Fsp3) is 0.308. The van der Waals surface area contributed by atoms with Crippen molar-refractivity contribution in [3.05, 3.63) is 40.3 Å². The number of carbonyl (C=O) groups is 1. The molecular formula is C13H14O2S. The molecule has 2 rings (SSSR count). The van der Waals surface area contributed by atoms with Gasteiger partial charge < -0.3 is 0 Å². The van der Waals surface area contributed by atoms with E-state index in [1.807, 2.05) is 38.1 Å². The van der Waals surface area contributed by atoms with Crippen molar-refractivity contribution in [1.29, 1.82) is 0 Å². The Morgan fingerprint density at radius 3 is 2.19 bits per heavy atom. The summed E-state index contributed by atoms with van der Waals surface area (Å²) in [4.78, 5) is 12.9. The van der Waals surface area contributed by atoms with E-state index in [4.69, 9.17) is 0 Å². The zero-order chi connectivity index (χ0) is 11.7. The molecule has 84 valence electrons. The number of carbonyl (C=O) groups excluding carboxylic acids is 1. The minimum absolute atomic E-state index is 0.0383. The van der Waals surface area contributed by atoms with Crippen LogP contribution in [0.5, 0.6) is 0 Å². The molecule has 0 radical (unpaired) electrons. The van der Waals surface area contributed by atoms with Crippen molar-refractivity contribution in [1.82, 2.24) is 0 Å². The van der Waals surface area contributed by atoms with Gasteiger partial charge in [-0.05, 0) is 32.4 Å². The minimum Gasteiger partial charge on any atom is -0.293 e. The summed E-state index contributed by atoms with van der Waals surface area (Å²) < 4.78 is 12.2. The molecule has 1 atom stereocenters. The molecule has 0 fully saturated rings. The predicted octanol–water partition coefficient (Wildman–Crippen LogP) is 2.74. The second-order valence-electron chi connectivity index (χ2n) is 4.11. The fourth-order valence-corrected chi connectivity index (χ4v) is 3.15. The number of benzene rings is 1. The van der Waals surface area contributed by atoms with Crippen molar-refractivity contribution in [2.75, 3.05) is 0 Å². The van der Waals surface area contributed by atoms with Crippen molar-refractivity contribution >= 4 is 16.6 Å². The molecule has 0 heterocycles. The third-order valence-corrected chi connectivity index (χ3v) is 4.44. The highest BCUT2D eigenvalue weighted by Gasteiger charge is 2.25. The van der Waals surface area contributed by atoms with Gasteiger partial charge in [0.2, 0.25) is 0 Å². The lowest BCUT2D eigenvalue weighted by Crippen LogP contribution is -2.04. The van der Waals surface area contributed by atoms with Crippen molar-refractivity contribution in [2.45, 2.75) is 31.6 Å². The molecule has 1 aromatic rings. The molecule has 0 amide bonds. The molecule has 16 heavy (non-hydrogen) atoms. The second-order valence-corrected chi connectivity index (χ2v) is 5.53. The van der Waals surface area contributed by atoms with E-state index in [2.05, 4.69) is 0 Å². The molecule has 0 bridgehead atoms. The first-order chi connectivity index (χ1) is 7.59. The Bertz CT molecular complexity index is 483. The molecule has 0 saturated carbocycles. The first-order valence-corrected chi connectivity index (χ1v) is 6.46. The van der Waals surface area contributed by atoms with Gasteiger partial charge in [-0.2, -0.15) is 0 Å². The number of allylic oxidation sites excluding steroid dienone is 2. The van der Waals surface area contributed by atoms with E-state index in [1.165, 1.54) is 0 Å². The van der Waals surface area contributed by atoms with Crippen LogP contribution in [-0.4, -0.2) is 9.99 Å². The number of hydrogen-bond donors (Lipinski definition) is 0. The van der Waals surface area contributed by atoms with Crippen LogP contribution in [0.4, 0.5) is 0 Å². The van der Waals surface area contributed by atoms with Crippen LogP contribution in [-0.2, 0) is 15.6 Å². The maximum atomic E-state index is 12.2. The van der Waals surface area contributed by atoms with Crippen LogP contribution in [0.1, 0.15) is 25.3 Å². The molecule has 0 spiro atoms. The molecule has 2 nitrogen and oxygen atoms in total. The Hall–Kier alpha value is -1.22. The van der Waals surface area contributed by atoms with Crippen LogP contribution >= 0.6 is 0 Å². The second kappa shape index (κ2) is 4.34. The SMILES string of the molecule is CC1=C(S(=O)c2ccc(C)cc2)C(=O)CC1. The molecule has 1 aliphatic rings. The highest BCUT2D eigenvalue weighted by atomic mass is 32.2. The van der Waals surface area contributed by atoms with Crippen LogP contribution in [0.3, 0.4) is 0 Å². The van der Waals surface area contributed by atoms with Crippen LogP contribution in [0.25, 0.3) is 0 Å². The Balaban J connectivity index is 2.36. The lowest BCUT2D eigenvalue weighted by molar-refractivity contribution is -0.114. The van der Waals surface area contributed by atoms with E-state index in [9.17, 15) is 9.00 Å². The molecule has 0 N–H and O–H groups in total. The van der Waals surface area contributed by atoms with E-state index >= 15 is 0 Å². The van der Waals surface area contributed by atoms with Gasteiger partial charge in [0.05, 0.1) is 15.7 Å². The van der Waals surface area contributed by atoms with Gasteiger partial charge in [-0.1, -0.05) is 23.3 Å². The van der Waals surface area contributed by atoms with Gasteiger partial charge in [0, 0.05) is 11.3 Å². The molecule has 1 aliphatic carbocycles. The van der Waals surface area contributed by atoms with Crippen LogP contribution < -0.4 is 0 Å².